The van der Waals surface area contributed by atoms with E-state index >= 15 is 0 Å². The Hall–Kier alpha value is -1.08. The molecule has 40 heavy (non-hydrogen) atoms. The molecule has 3 aromatic carbocycles. The van der Waals surface area contributed by atoms with Crippen LogP contribution in [0.1, 0.15) is 16.7 Å². The number of hydrogen-bond acceptors (Lipinski definition) is 3. The molecule has 0 bridgehead atoms. The third-order valence-corrected chi connectivity index (χ3v) is 12.7. The first kappa shape index (κ1) is 33.4. The van der Waals surface area contributed by atoms with Crippen molar-refractivity contribution in [2.24, 2.45) is 0 Å². The summed E-state index contributed by atoms with van der Waals surface area (Å²) in [5, 5.41) is 0. The highest BCUT2D eigenvalue weighted by Crippen LogP contribution is 2.22. The smallest absolute Gasteiger partial charge is 0.426 e. The summed E-state index contributed by atoms with van der Waals surface area (Å²) in [7, 11) is -7.68. The van der Waals surface area contributed by atoms with Crippen LogP contribution in [0.5, 0.6) is 0 Å². The van der Waals surface area contributed by atoms with E-state index in [0.29, 0.717) is 0 Å². The molecule has 0 saturated heterocycles. The molecule has 0 aliphatic heterocycles. The van der Waals surface area contributed by atoms with E-state index in [1.54, 1.807) is 0 Å². The standard InChI is InChI=1S/C30H36BBr3O3Si3/c1-38(2,22-19-25-7-13-28(32)14-8-25)35-31(36-39(3,4)23-20-26-9-15-29(33)16-10-26)37-40(5,6)24-21-27-11-17-30(34)18-12-27/h7-24H,1-6H3/b22-19-,23-20+,24-21+. The normalized spacial score (nSPS) is 13.1. The Bertz CT molecular complexity index is 1160. The van der Waals surface area contributed by atoms with Crippen LogP contribution in [-0.2, 0) is 13.0 Å². The van der Waals surface area contributed by atoms with Crippen LogP contribution in [0.2, 0.25) is 39.3 Å². The zero-order chi connectivity index (χ0) is 29.4. The second kappa shape index (κ2) is 14.9. The highest BCUT2D eigenvalue weighted by molar-refractivity contribution is 9.11. The van der Waals surface area contributed by atoms with Crippen molar-refractivity contribution in [1.29, 1.82) is 0 Å². The third kappa shape index (κ3) is 12.4. The molecule has 0 spiro atoms. The van der Waals surface area contributed by atoms with Gasteiger partial charge in [0, 0.05) is 13.4 Å². The van der Waals surface area contributed by atoms with Gasteiger partial charge in [-0.1, -0.05) is 120 Å². The first-order chi connectivity index (χ1) is 18.7. The molecule has 0 N–H and O–H groups in total. The molecule has 3 aromatic rings. The van der Waals surface area contributed by atoms with Crippen LogP contribution >= 0.6 is 47.8 Å². The predicted molar refractivity (Wildman–Crippen MR) is 191 cm³/mol. The van der Waals surface area contributed by atoms with E-state index < -0.39 is 32.3 Å². The van der Waals surface area contributed by atoms with Gasteiger partial charge in [-0.3, -0.25) is 0 Å². The van der Waals surface area contributed by atoms with E-state index in [-0.39, 0.29) is 0 Å². The van der Waals surface area contributed by atoms with Gasteiger partial charge in [0.15, 0.2) is 25.0 Å². The van der Waals surface area contributed by atoms with Crippen molar-refractivity contribution in [3.8, 4) is 0 Å². The van der Waals surface area contributed by atoms with Crippen LogP contribution < -0.4 is 0 Å². The molecule has 0 aliphatic rings. The average Bonchev–Trinajstić information content (AvgIpc) is 2.87. The van der Waals surface area contributed by atoms with E-state index in [2.05, 4.69) is 159 Å². The Morgan fingerprint density at radius 1 is 0.450 bits per heavy atom. The van der Waals surface area contributed by atoms with E-state index in [9.17, 15) is 0 Å². The molecule has 210 valence electrons. The molecular weight excluding hydrogens is 743 g/mol. The molecule has 10 heteroatoms. The minimum Gasteiger partial charge on any atom is -0.426 e. The molecule has 0 fully saturated rings. The van der Waals surface area contributed by atoms with Crippen molar-refractivity contribution in [1.82, 2.24) is 0 Å². The van der Waals surface area contributed by atoms with Crippen molar-refractivity contribution in [3.05, 3.63) is 120 Å². The molecule has 0 unspecified atom stereocenters. The second-order valence-electron chi connectivity index (χ2n) is 11.1. The lowest BCUT2D eigenvalue weighted by atomic mass is 10.2. The van der Waals surface area contributed by atoms with Crippen molar-refractivity contribution in [2.75, 3.05) is 0 Å². The molecule has 0 radical (unpaired) electrons. The second-order valence-corrected chi connectivity index (χ2v) is 25.2. The number of halogens is 3. The fraction of sp³-hybridized carbons (Fsp3) is 0.200. The van der Waals surface area contributed by atoms with Crippen LogP contribution in [0.25, 0.3) is 18.2 Å². The lowest BCUT2D eigenvalue weighted by Gasteiger charge is -2.33. The van der Waals surface area contributed by atoms with Gasteiger partial charge in [0.2, 0.25) is 0 Å². The Morgan fingerprint density at radius 3 is 0.900 bits per heavy atom. The summed E-state index contributed by atoms with van der Waals surface area (Å²) in [6.45, 7) is 13.0. The maximum atomic E-state index is 6.68. The van der Waals surface area contributed by atoms with Crippen LogP contribution in [0.4, 0.5) is 0 Å². The Kier molecular flexibility index (Phi) is 12.4. The fourth-order valence-electron chi connectivity index (χ4n) is 3.55. The largest absolute Gasteiger partial charge is 0.607 e. The van der Waals surface area contributed by atoms with Gasteiger partial charge >= 0.3 is 7.32 Å². The van der Waals surface area contributed by atoms with Crippen LogP contribution in [0.15, 0.2) is 103 Å². The first-order valence-electron chi connectivity index (χ1n) is 13.1. The summed E-state index contributed by atoms with van der Waals surface area (Å²) in [4.78, 5) is 0. The van der Waals surface area contributed by atoms with Gasteiger partial charge in [0.25, 0.3) is 0 Å². The molecule has 3 rings (SSSR count). The van der Waals surface area contributed by atoms with Gasteiger partial charge in [-0.25, -0.2) is 0 Å². The quantitative estimate of drug-likeness (QED) is 0.171. The summed E-state index contributed by atoms with van der Waals surface area (Å²) >= 11 is 10.5. The summed E-state index contributed by atoms with van der Waals surface area (Å²) in [6.07, 6.45) is 6.38. The predicted octanol–water partition coefficient (Wildman–Crippen LogP) is 10.7. The lowest BCUT2D eigenvalue weighted by Crippen LogP contribution is -2.50. The number of benzene rings is 3. The maximum absolute atomic E-state index is 6.68. The monoisotopic (exact) mass is 776 g/mol. The van der Waals surface area contributed by atoms with E-state index in [0.717, 1.165) is 30.1 Å². The van der Waals surface area contributed by atoms with Crippen LogP contribution in [0.3, 0.4) is 0 Å². The van der Waals surface area contributed by atoms with E-state index in [1.165, 1.54) is 0 Å². The molecule has 0 aliphatic carbocycles. The van der Waals surface area contributed by atoms with Gasteiger partial charge in [0.1, 0.15) is 0 Å². The minimum absolute atomic E-state index is 0.760. The van der Waals surface area contributed by atoms with Crippen molar-refractivity contribution >= 4 is 98.3 Å². The Labute approximate surface area is 268 Å². The van der Waals surface area contributed by atoms with Crippen molar-refractivity contribution in [2.45, 2.75) is 39.3 Å². The van der Waals surface area contributed by atoms with Crippen LogP contribution in [-0.4, -0.2) is 32.3 Å². The topological polar surface area (TPSA) is 27.7 Å². The lowest BCUT2D eigenvalue weighted by molar-refractivity contribution is 0.304. The molecule has 3 nitrogen and oxygen atoms in total. The number of rotatable bonds is 12. The SMILES string of the molecule is C[Si](C)(/C=C\c1ccc(Br)cc1)OB(O[Si](C)(C)/C=C/c1ccc(Br)cc1)O[Si](C)(C)/C=C/c1ccc(Br)cc1. The van der Waals surface area contributed by atoms with Crippen molar-refractivity contribution in [3.63, 3.8) is 0 Å². The molecule has 0 atom stereocenters. The van der Waals surface area contributed by atoms with Gasteiger partial charge in [-0.2, -0.15) is 0 Å². The third-order valence-electron chi connectivity index (χ3n) is 5.84. The summed E-state index contributed by atoms with van der Waals surface area (Å²) < 4.78 is 23.2. The highest BCUT2D eigenvalue weighted by Gasteiger charge is 2.39. The zero-order valence-corrected chi connectivity index (χ0v) is 31.6. The molecular formula is C30H36BBr3O3Si3. The molecule has 0 saturated carbocycles. The van der Waals surface area contributed by atoms with Gasteiger partial charge in [-0.15, -0.1) is 0 Å². The summed E-state index contributed by atoms with van der Waals surface area (Å²) in [5.41, 5.74) is 9.96. The van der Waals surface area contributed by atoms with E-state index in [4.69, 9.17) is 13.0 Å². The van der Waals surface area contributed by atoms with Crippen LogP contribution in [0, 0.1) is 0 Å². The van der Waals surface area contributed by atoms with Gasteiger partial charge in [-0.05, 0) is 92.4 Å². The summed E-state index contributed by atoms with van der Waals surface area (Å²) in [5.74, 6) is 0. The summed E-state index contributed by atoms with van der Waals surface area (Å²) in [6, 6.07) is 24.8. The van der Waals surface area contributed by atoms with Gasteiger partial charge in [0.05, 0.1) is 0 Å². The van der Waals surface area contributed by atoms with Crippen molar-refractivity contribution < 1.29 is 13.0 Å². The zero-order valence-electron chi connectivity index (χ0n) is 23.8. The minimum atomic E-state index is -2.31. The van der Waals surface area contributed by atoms with E-state index in [1.807, 2.05) is 36.4 Å². The first-order valence-corrected chi connectivity index (χ1v) is 24.4. The Morgan fingerprint density at radius 2 is 0.675 bits per heavy atom. The number of hydrogen-bond donors (Lipinski definition) is 0. The fourth-order valence-corrected chi connectivity index (χ4v) is 8.42. The maximum Gasteiger partial charge on any atom is 0.607 e. The highest BCUT2D eigenvalue weighted by atomic mass is 79.9. The molecule has 0 heterocycles. The Balaban J connectivity index is 1.80. The van der Waals surface area contributed by atoms with Gasteiger partial charge < -0.3 is 13.0 Å². The average molecular weight is 779 g/mol. The molecule has 0 amide bonds. The molecule has 0 aromatic heterocycles.